The lowest BCUT2D eigenvalue weighted by Gasteiger charge is -2.21. The van der Waals surface area contributed by atoms with Crippen LogP contribution in [0.1, 0.15) is 383 Å². The van der Waals surface area contributed by atoms with Gasteiger partial charge in [0.25, 0.3) is 0 Å². The Labute approximate surface area is 581 Å². The Balaban J connectivity index is 5.23. The molecule has 17 nitrogen and oxygen atoms in total. The summed E-state index contributed by atoms with van der Waals surface area (Å²) in [5.41, 5.74) is 0. The summed E-state index contributed by atoms with van der Waals surface area (Å²) >= 11 is 0. The van der Waals surface area contributed by atoms with Crippen LogP contribution >= 0.6 is 15.6 Å². The molecular formula is C76H148O17P2. The summed E-state index contributed by atoms with van der Waals surface area (Å²) in [5, 5.41) is 10.6. The van der Waals surface area contributed by atoms with Crippen molar-refractivity contribution in [3.63, 3.8) is 0 Å². The molecule has 0 aromatic carbocycles. The number of esters is 4. The molecule has 2 unspecified atom stereocenters. The molecule has 3 N–H and O–H groups in total. The molecule has 0 fully saturated rings. The molecular weight excluding hydrogens is 1250 g/mol. The Kier molecular flexibility index (Phi) is 64.0. The number of hydrogen-bond donors (Lipinski definition) is 3. The summed E-state index contributed by atoms with van der Waals surface area (Å²) < 4.78 is 68.5. The van der Waals surface area contributed by atoms with Crippen LogP contribution in [-0.2, 0) is 65.4 Å². The van der Waals surface area contributed by atoms with Gasteiger partial charge in [0.2, 0.25) is 0 Å². The van der Waals surface area contributed by atoms with Gasteiger partial charge in [0.15, 0.2) is 12.2 Å². The lowest BCUT2D eigenvalue weighted by Crippen LogP contribution is -2.30. The van der Waals surface area contributed by atoms with E-state index in [-0.39, 0.29) is 25.7 Å². The van der Waals surface area contributed by atoms with Gasteiger partial charge in [-0.2, -0.15) is 0 Å². The van der Waals surface area contributed by atoms with E-state index in [2.05, 4.69) is 55.4 Å². The van der Waals surface area contributed by atoms with E-state index in [1.54, 1.807) is 0 Å². The number of carbonyl (C=O) groups is 4. The number of hydrogen-bond acceptors (Lipinski definition) is 15. The summed E-state index contributed by atoms with van der Waals surface area (Å²) in [6.07, 6.45) is 50.1. The van der Waals surface area contributed by atoms with Crippen LogP contribution in [0.5, 0.6) is 0 Å². The molecule has 0 aromatic heterocycles. The molecule has 0 bridgehead atoms. The molecule has 0 rings (SSSR count). The summed E-state index contributed by atoms with van der Waals surface area (Å²) in [6, 6.07) is 0. The van der Waals surface area contributed by atoms with Gasteiger partial charge in [-0.1, -0.05) is 331 Å². The lowest BCUT2D eigenvalue weighted by atomic mass is 10.0. The maximum Gasteiger partial charge on any atom is 0.472 e. The number of aliphatic hydroxyl groups is 1. The van der Waals surface area contributed by atoms with Crippen molar-refractivity contribution in [2.45, 2.75) is 401 Å². The van der Waals surface area contributed by atoms with E-state index in [1.807, 2.05) is 0 Å². The van der Waals surface area contributed by atoms with Crippen LogP contribution in [0.3, 0.4) is 0 Å². The molecule has 0 aliphatic heterocycles. The van der Waals surface area contributed by atoms with Gasteiger partial charge < -0.3 is 33.8 Å². The summed E-state index contributed by atoms with van der Waals surface area (Å²) in [7, 11) is -9.91. The van der Waals surface area contributed by atoms with Gasteiger partial charge in [0.05, 0.1) is 26.4 Å². The minimum atomic E-state index is -4.96. The fourth-order valence-corrected chi connectivity index (χ4v) is 13.1. The number of phosphoric ester groups is 2. The van der Waals surface area contributed by atoms with Gasteiger partial charge in [0, 0.05) is 25.7 Å². The number of phosphoric acid groups is 2. The zero-order valence-electron chi connectivity index (χ0n) is 62.3. The van der Waals surface area contributed by atoms with Gasteiger partial charge >= 0.3 is 39.5 Å². The van der Waals surface area contributed by atoms with E-state index in [4.69, 9.17) is 37.0 Å². The van der Waals surface area contributed by atoms with Crippen LogP contribution < -0.4 is 0 Å². The van der Waals surface area contributed by atoms with E-state index in [1.165, 1.54) is 180 Å². The van der Waals surface area contributed by atoms with Crippen molar-refractivity contribution in [2.75, 3.05) is 39.6 Å². The van der Waals surface area contributed by atoms with Crippen LogP contribution in [0.25, 0.3) is 0 Å². The number of aliphatic hydroxyl groups excluding tert-OH is 1. The molecule has 0 heterocycles. The summed E-state index contributed by atoms with van der Waals surface area (Å²) in [6.45, 7) is 14.1. The molecule has 95 heavy (non-hydrogen) atoms. The van der Waals surface area contributed by atoms with Crippen LogP contribution in [0.2, 0.25) is 0 Å². The quantitative estimate of drug-likeness (QED) is 0.0222. The van der Waals surface area contributed by atoms with E-state index in [0.29, 0.717) is 31.6 Å². The molecule has 564 valence electrons. The number of unbranched alkanes of at least 4 members (excludes halogenated alkanes) is 39. The molecule has 0 aromatic rings. The van der Waals surface area contributed by atoms with Crippen molar-refractivity contribution in [1.29, 1.82) is 0 Å². The van der Waals surface area contributed by atoms with Crippen molar-refractivity contribution in [2.24, 2.45) is 23.7 Å². The minimum Gasteiger partial charge on any atom is -0.462 e. The number of rotatable bonds is 73. The fourth-order valence-electron chi connectivity index (χ4n) is 11.6. The standard InChI is InChI=1S/C76H148O17P2/c1-66(2)52-44-36-28-22-16-12-10-9-11-13-19-25-31-40-48-56-73(78)86-62-71(92-75(80)58-50-42-32-26-20-14-17-23-29-37-45-53-67(3)4)64-90-94(82,83)88-60-70(77)61-89-95(84,85)91-65-72(63-87-74(79)57-49-41-35-34-39-47-55-69(7)8)93-76(81)59-51-43-33-27-21-15-18-24-30-38-46-54-68(5)6/h66-72,77H,9-65H2,1-8H3,(H,82,83)(H,84,85)/t70-,71-,72-/m1/s1. The lowest BCUT2D eigenvalue weighted by molar-refractivity contribution is -0.161. The monoisotopic (exact) mass is 1400 g/mol. The third kappa shape index (κ3) is 70.3. The minimum absolute atomic E-state index is 0.105. The smallest absolute Gasteiger partial charge is 0.462 e. The summed E-state index contributed by atoms with van der Waals surface area (Å²) in [4.78, 5) is 72.8. The maximum atomic E-state index is 13.1. The predicted octanol–water partition coefficient (Wildman–Crippen LogP) is 22.0. The van der Waals surface area contributed by atoms with Gasteiger partial charge in [-0.25, -0.2) is 9.13 Å². The second kappa shape index (κ2) is 65.4. The van der Waals surface area contributed by atoms with Crippen LogP contribution in [0.4, 0.5) is 0 Å². The van der Waals surface area contributed by atoms with Crippen LogP contribution in [0, 0.1) is 23.7 Å². The van der Waals surface area contributed by atoms with Gasteiger partial charge in [-0.15, -0.1) is 0 Å². The van der Waals surface area contributed by atoms with Gasteiger partial charge in [-0.3, -0.25) is 37.3 Å². The Bertz CT molecular complexity index is 1870. The molecule has 0 aliphatic carbocycles. The third-order valence-corrected chi connectivity index (χ3v) is 19.5. The first-order valence-electron chi connectivity index (χ1n) is 39.2. The molecule has 0 amide bonds. The highest BCUT2D eigenvalue weighted by Gasteiger charge is 2.30. The molecule has 0 radical (unpaired) electrons. The Morgan fingerprint density at radius 1 is 0.263 bits per heavy atom. The fraction of sp³-hybridized carbons (Fsp3) is 0.947. The van der Waals surface area contributed by atoms with E-state index < -0.39 is 97.5 Å². The highest BCUT2D eigenvalue weighted by Crippen LogP contribution is 2.45. The molecule has 0 spiro atoms. The number of carbonyl (C=O) groups excluding carboxylic acids is 4. The first-order chi connectivity index (χ1) is 45.6. The van der Waals surface area contributed by atoms with Crippen LogP contribution in [0.15, 0.2) is 0 Å². The van der Waals surface area contributed by atoms with Gasteiger partial charge in [0.1, 0.15) is 19.3 Å². The zero-order valence-corrected chi connectivity index (χ0v) is 64.1. The molecule has 0 saturated heterocycles. The average Bonchev–Trinajstić information content (AvgIpc) is 1.56. The van der Waals surface area contributed by atoms with E-state index in [0.717, 1.165) is 114 Å². The van der Waals surface area contributed by atoms with Crippen molar-refractivity contribution in [1.82, 2.24) is 0 Å². The van der Waals surface area contributed by atoms with E-state index >= 15 is 0 Å². The SMILES string of the molecule is CC(C)CCCCCCCCCCCCCCCCCC(=O)OC[C@H](COP(=O)(O)OC[C@@H](O)COP(=O)(O)OC[C@@H](COC(=O)CCCCCCCCC(C)C)OC(=O)CCCCCCCCCCCCCC(C)C)OC(=O)CCCCCCCCCCCCCC(C)C. The number of ether oxygens (including phenoxy) is 4. The highest BCUT2D eigenvalue weighted by molar-refractivity contribution is 7.47. The zero-order chi connectivity index (χ0) is 70.3. The largest absolute Gasteiger partial charge is 0.472 e. The molecule has 0 saturated carbocycles. The van der Waals surface area contributed by atoms with Crippen molar-refractivity contribution < 1.29 is 80.2 Å². The highest BCUT2D eigenvalue weighted by atomic mass is 31.2. The predicted molar refractivity (Wildman–Crippen MR) is 386 cm³/mol. The summed E-state index contributed by atoms with van der Waals surface area (Å²) in [5.74, 6) is 0.894. The maximum absolute atomic E-state index is 13.1. The Morgan fingerprint density at radius 3 is 0.653 bits per heavy atom. The topological polar surface area (TPSA) is 237 Å². The van der Waals surface area contributed by atoms with Gasteiger partial charge in [-0.05, 0) is 49.4 Å². The Morgan fingerprint density at radius 2 is 0.442 bits per heavy atom. The first-order valence-corrected chi connectivity index (χ1v) is 42.2. The first kappa shape index (κ1) is 93.1. The van der Waals surface area contributed by atoms with Crippen molar-refractivity contribution in [3.05, 3.63) is 0 Å². The average molecular weight is 1400 g/mol. The molecule has 19 heteroatoms. The normalized spacial score (nSPS) is 14.1. The third-order valence-electron chi connectivity index (χ3n) is 17.6. The van der Waals surface area contributed by atoms with Crippen LogP contribution in [-0.4, -0.2) is 96.7 Å². The molecule has 5 atom stereocenters. The second-order valence-corrected chi connectivity index (χ2v) is 32.2. The molecule has 0 aliphatic rings. The van der Waals surface area contributed by atoms with Crippen molar-refractivity contribution >= 4 is 39.5 Å². The van der Waals surface area contributed by atoms with E-state index in [9.17, 15) is 43.2 Å². The second-order valence-electron chi connectivity index (χ2n) is 29.3. The van der Waals surface area contributed by atoms with Crippen molar-refractivity contribution in [3.8, 4) is 0 Å². The Hall–Kier alpha value is -1.94.